The van der Waals surface area contributed by atoms with Crippen LogP contribution in [0.3, 0.4) is 0 Å². The minimum atomic E-state index is 0.677. The van der Waals surface area contributed by atoms with Crippen LogP contribution in [0.25, 0.3) is 11.0 Å². The van der Waals surface area contributed by atoms with Crippen molar-refractivity contribution in [1.29, 1.82) is 0 Å². The molecule has 0 saturated carbocycles. The number of nitrogens with zero attached hydrogens (tertiary/aromatic N) is 4. The van der Waals surface area contributed by atoms with Gasteiger partial charge < -0.3 is 14.6 Å². The summed E-state index contributed by atoms with van der Waals surface area (Å²) >= 11 is 5.99. The number of aromatic amines is 1. The maximum absolute atomic E-state index is 5.99. The van der Waals surface area contributed by atoms with E-state index < -0.39 is 0 Å². The van der Waals surface area contributed by atoms with E-state index in [4.69, 9.17) is 16.3 Å². The topological polar surface area (TPSA) is 57.3 Å². The van der Waals surface area contributed by atoms with Gasteiger partial charge in [-0.15, -0.1) is 0 Å². The fraction of sp³-hybridized carbons (Fsp3) is 0.368. The zero-order valence-electron chi connectivity index (χ0n) is 14.8. The van der Waals surface area contributed by atoms with E-state index in [1.165, 1.54) is 0 Å². The van der Waals surface area contributed by atoms with Crippen LogP contribution >= 0.6 is 11.6 Å². The third kappa shape index (κ3) is 3.61. The molecular weight excluding hydrogens is 350 g/mol. The highest BCUT2D eigenvalue weighted by molar-refractivity contribution is 6.30. The van der Waals surface area contributed by atoms with Crippen molar-refractivity contribution in [1.82, 2.24) is 19.9 Å². The molecule has 1 saturated heterocycles. The van der Waals surface area contributed by atoms with Crippen molar-refractivity contribution in [3.63, 3.8) is 0 Å². The van der Waals surface area contributed by atoms with Crippen LogP contribution in [-0.2, 0) is 0 Å². The number of hydrogen-bond acceptors (Lipinski definition) is 5. The Balaban J connectivity index is 1.29. The molecule has 1 aromatic carbocycles. The predicted molar refractivity (Wildman–Crippen MR) is 104 cm³/mol. The van der Waals surface area contributed by atoms with Crippen molar-refractivity contribution < 1.29 is 4.74 Å². The minimum Gasteiger partial charge on any atom is -0.492 e. The molecule has 6 nitrogen and oxygen atoms in total. The highest BCUT2D eigenvalue weighted by Gasteiger charge is 2.20. The summed E-state index contributed by atoms with van der Waals surface area (Å²) in [5.41, 5.74) is 3.05. The SMILES string of the molecule is Cc1cc(Cl)ccc1OCCN1CCN(c2ncnc3cc[nH]c23)CC1. The molecule has 4 rings (SSSR count). The molecule has 136 valence electrons. The van der Waals surface area contributed by atoms with Crippen LogP contribution in [0.4, 0.5) is 5.82 Å². The second-order valence-electron chi connectivity index (χ2n) is 6.52. The molecular formula is C19H22ClN5O. The first-order chi connectivity index (χ1) is 12.7. The summed E-state index contributed by atoms with van der Waals surface area (Å²) in [6, 6.07) is 7.71. The molecule has 3 heterocycles. The molecule has 1 aliphatic rings. The molecule has 1 fully saturated rings. The monoisotopic (exact) mass is 371 g/mol. The van der Waals surface area contributed by atoms with E-state index in [9.17, 15) is 0 Å². The first-order valence-electron chi connectivity index (χ1n) is 8.85. The van der Waals surface area contributed by atoms with Gasteiger partial charge in [-0.2, -0.15) is 0 Å². The third-order valence-corrected chi connectivity index (χ3v) is 5.03. The molecule has 7 heteroatoms. The highest BCUT2D eigenvalue weighted by atomic mass is 35.5. The molecule has 2 aromatic heterocycles. The number of H-pyrrole nitrogens is 1. The van der Waals surface area contributed by atoms with E-state index in [2.05, 4.69) is 24.8 Å². The molecule has 0 bridgehead atoms. The van der Waals surface area contributed by atoms with Gasteiger partial charge in [0.15, 0.2) is 5.82 Å². The quantitative estimate of drug-likeness (QED) is 0.746. The van der Waals surface area contributed by atoms with Gasteiger partial charge in [-0.1, -0.05) is 11.6 Å². The highest BCUT2D eigenvalue weighted by Crippen LogP contribution is 2.23. The van der Waals surface area contributed by atoms with Gasteiger partial charge in [-0.25, -0.2) is 9.97 Å². The predicted octanol–water partition coefficient (Wildman–Crippen LogP) is 3.12. The lowest BCUT2D eigenvalue weighted by Crippen LogP contribution is -2.47. The van der Waals surface area contributed by atoms with Gasteiger partial charge in [-0.3, -0.25) is 4.90 Å². The van der Waals surface area contributed by atoms with E-state index in [0.717, 1.165) is 65.9 Å². The number of halogens is 1. The Morgan fingerprint density at radius 2 is 2.00 bits per heavy atom. The zero-order chi connectivity index (χ0) is 17.9. The van der Waals surface area contributed by atoms with Crippen molar-refractivity contribution >= 4 is 28.5 Å². The van der Waals surface area contributed by atoms with Crippen LogP contribution in [0.5, 0.6) is 5.75 Å². The molecule has 0 aliphatic carbocycles. The Hall–Kier alpha value is -2.31. The standard InChI is InChI=1S/C19H22ClN5O/c1-14-12-15(20)2-3-17(14)26-11-10-24-6-8-25(9-7-24)19-18-16(4-5-21-18)22-13-23-19/h2-5,12-13,21H,6-11H2,1H3. The van der Waals surface area contributed by atoms with E-state index >= 15 is 0 Å². The Morgan fingerprint density at radius 3 is 2.81 bits per heavy atom. The van der Waals surface area contributed by atoms with Crippen molar-refractivity contribution in [3.05, 3.63) is 47.4 Å². The number of fused-ring (bicyclic) bond motifs is 1. The summed E-state index contributed by atoms with van der Waals surface area (Å²) in [5.74, 6) is 1.90. The smallest absolute Gasteiger partial charge is 0.156 e. The number of ether oxygens (including phenoxy) is 1. The van der Waals surface area contributed by atoms with Crippen molar-refractivity contribution in [2.24, 2.45) is 0 Å². The first kappa shape index (κ1) is 17.1. The molecule has 0 radical (unpaired) electrons. The van der Waals surface area contributed by atoms with Gasteiger partial charge in [0.25, 0.3) is 0 Å². The fourth-order valence-corrected chi connectivity index (χ4v) is 3.57. The van der Waals surface area contributed by atoms with Gasteiger partial charge in [0.2, 0.25) is 0 Å². The van der Waals surface area contributed by atoms with Crippen LogP contribution in [0, 0.1) is 6.92 Å². The van der Waals surface area contributed by atoms with Gasteiger partial charge in [0.1, 0.15) is 24.2 Å². The third-order valence-electron chi connectivity index (χ3n) is 4.80. The number of aromatic nitrogens is 3. The number of hydrogen-bond donors (Lipinski definition) is 1. The summed E-state index contributed by atoms with van der Waals surface area (Å²) in [6.45, 7) is 7.50. The Bertz CT molecular complexity index is 889. The molecule has 1 N–H and O–H groups in total. The summed E-state index contributed by atoms with van der Waals surface area (Å²) in [6.07, 6.45) is 3.55. The minimum absolute atomic E-state index is 0.677. The van der Waals surface area contributed by atoms with Crippen molar-refractivity contribution in [2.45, 2.75) is 6.92 Å². The summed E-state index contributed by atoms with van der Waals surface area (Å²) in [5, 5.41) is 0.742. The van der Waals surface area contributed by atoms with Gasteiger partial charge in [-0.05, 0) is 36.8 Å². The second-order valence-corrected chi connectivity index (χ2v) is 6.96. The average Bonchev–Trinajstić information content (AvgIpc) is 3.13. The molecule has 0 spiro atoms. The van der Waals surface area contributed by atoms with Gasteiger partial charge in [0, 0.05) is 43.9 Å². The van der Waals surface area contributed by atoms with E-state index in [1.807, 2.05) is 37.4 Å². The first-order valence-corrected chi connectivity index (χ1v) is 9.23. The van der Waals surface area contributed by atoms with E-state index in [-0.39, 0.29) is 0 Å². The number of aryl methyl sites for hydroxylation is 1. The number of piperazine rings is 1. The Kier molecular flexibility index (Phi) is 4.95. The number of rotatable bonds is 5. The average molecular weight is 372 g/mol. The van der Waals surface area contributed by atoms with Crippen molar-refractivity contribution in [2.75, 3.05) is 44.2 Å². The maximum atomic E-state index is 5.99. The number of anilines is 1. The summed E-state index contributed by atoms with van der Waals surface area (Å²) in [7, 11) is 0. The molecule has 0 amide bonds. The second kappa shape index (κ2) is 7.51. The summed E-state index contributed by atoms with van der Waals surface area (Å²) < 4.78 is 5.91. The largest absolute Gasteiger partial charge is 0.492 e. The zero-order valence-corrected chi connectivity index (χ0v) is 15.5. The molecule has 3 aromatic rings. The van der Waals surface area contributed by atoms with Crippen LogP contribution in [-0.4, -0.2) is 59.2 Å². The lowest BCUT2D eigenvalue weighted by Gasteiger charge is -2.35. The van der Waals surface area contributed by atoms with Gasteiger partial charge >= 0.3 is 0 Å². The molecule has 0 atom stereocenters. The maximum Gasteiger partial charge on any atom is 0.156 e. The van der Waals surface area contributed by atoms with Crippen LogP contribution in [0.2, 0.25) is 5.02 Å². The fourth-order valence-electron chi connectivity index (χ4n) is 3.34. The lowest BCUT2D eigenvalue weighted by atomic mass is 10.2. The van der Waals surface area contributed by atoms with E-state index in [1.54, 1.807) is 6.33 Å². The molecule has 1 aliphatic heterocycles. The Morgan fingerprint density at radius 1 is 1.15 bits per heavy atom. The molecule has 0 unspecified atom stereocenters. The lowest BCUT2D eigenvalue weighted by molar-refractivity contribution is 0.200. The Labute approximate surface area is 157 Å². The van der Waals surface area contributed by atoms with Crippen LogP contribution < -0.4 is 9.64 Å². The molecule has 26 heavy (non-hydrogen) atoms. The van der Waals surface area contributed by atoms with Gasteiger partial charge in [0.05, 0.1) is 5.52 Å². The van der Waals surface area contributed by atoms with E-state index in [0.29, 0.717) is 6.61 Å². The number of nitrogens with one attached hydrogen (secondary N) is 1. The van der Waals surface area contributed by atoms with Crippen molar-refractivity contribution in [3.8, 4) is 5.75 Å². The van der Waals surface area contributed by atoms with Crippen LogP contribution in [0.1, 0.15) is 5.56 Å². The normalized spacial score (nSPS) is 15.5. The van der Waals surface area contributed by atoms with Crippen LogP contribution in [0.15, 0.2) is 36.8 Å². The number of benzene rings is 1. The summed E-state index contributed by atoms with van der Waals surface area (Å²) in [4.78, 5) is 16.8.